The zero-order chi connectivity index (χ0) is 17.8. The van der Waals surface area contributed by atoms with Gasteiger partial charge in [0.15, 0.2) is 0 Å². The highest BCUT2D eigenvalue weighted by Crippen LogP contribution is 2.16. The predicted molar refractivity (Wildman–Crippen MR) is 100.0 cm³/mol. The normalized spacial score (nSPS) is 16.7. The summed E-state index contributed by atoms with van der Waals surface area (Å²) in [5.41, 5.74) is 2.83. The van der Waals surface area contributed by atoms with E-state index in [1.807, 2.05) is 14.0 Å². The summed E-state index contributed by atoms with van der Waals surface area (Å²) in [4.78, 5) is 17.2. The van der Waals surface area contributed by atoms with Gasteiger partial charge in [0.25, 0.3) is 5.91 Å². The third kappa shape index (κ3) is 4.02. The predicted octanol–water partition coefficient (Wildman–Crippen LogP) is 1.67. The van der Waals surface area contributed by atoms with Crippen molar-refractivity contribution in [1.82, 2.24) is 20.0 Å². The number of carbonyl (C=O) groups excluding carboxylic acids is 1. The van der Waals surface area contributed by atoms with Crippen LogP contribution in [0.3, 0.4) is 0 Å². The molecule has 1 aromatic heterocycles. The minimum Gasteiger partial charge on any atom is -0.369 e. The van der Waals surface area contributed by atoms with Gasteiger partial charge in [-0.15, -0.1) is 0 Å². The average molecular weight is 341 g/mol. The molecule has 1 aliphatic heterocycles. The topological polar surface area (TPSA) is 53.4 Å². The Bertz CT molecular complexity index is 704. The van der Waals surface area contributed by atoms with E-state index in [2.05, 4.69) is 57.5 Å². The minimum absolute atomic E-state index is 0.0413. The summed E-state index contributed by atoms with van der Waals surface area (Å²) in [5, 5.41) is 7.18. The van der Waals surface area contributed by atoms with Gasteiger partial charge in [-0.05, 0) is 26.0 Å². The lowest BCUT2D eigenvalue weighted by Gasteiger charge is -2.39. The lowest BCUT2D eigenvalue weighted by molar-refractivity contribution is 0.0933. The maximum Gasteiger partial charge on any atom is 0.254 e. The second-order valence-electron chi connectivity index (χ2n) is 6.68. The highest BCUT2D eigenvalue weighted by molar-refractivity contribution is 5.95. The molecule has 1 aliphatic rings. The Morgan fingerprint density at radius 2 is 1.88 bits per heavy atom. The molecule has 1 amide bonds. The number of nitrogens with one attached hydrogen (secondary N) is 1. The van der Waals surface area contributed by atoms with E-state index in [4.69, 9.17) is 0 Å². The molecule has 25 heavy (non-hydrogen) atoms. The van der Waals surface area contributed by atoms with Crippen molar-refractivity contribution in [2.24, 2.45) is 7.05 Å². The van der Waals surface area contributed by atoms with Crippen LogP contribution in [0.15, 0.2) is 36.5 Å². The molecule has 1 atom stereocenters. The first kappa shape index (κ1) is 17.5. The molecular formula is C19H27N5O. The molecular weight excluding hydrogens is 314 g/mol. The van der Waals surface area contributed by atoms with Crippen LogP contribution < -0.4 is 10.2 Å². The number of aromatic nitrogens is 2. The molecule has 6 heteroatoms. The molecule has 0 saturated carbocycles. The molecule has 6 nitrogen and oxygen atoms in total. The van der Waals surface area contributed by atoms with Crippen molar-refractivity contribution in [2.45, 2.75) is 19.9 Å². The van der Waals surface area contributed by atoms with E-state index in [1.165, 1.54) is 5.69 Å². The zero-order valence-corrected chi connectivity index (χ0v) is 15.3. The van der Waals surface area contributed by atoms with Crippen molar-refractivity contribution in [3.05, 3.63) is 47.8 Å². The van der Waals surface area contributed by atoms with Crippen molar-refractivity contribution in [3.8, 4) is 0 Å². The number of benzene rings is 1. The first-order valence-corrected chi connectivity index (χ1v) is 8.87. The van der Waals surface area contributed by atoms with Crippen LogP contribution in [0.1, 0.15) is 23.0 Å². The van der Waals surface area contributed by atoms with E-state index in [-0.39, 0.29) is 5.91 Å². The van der Waals surface area contributed by atoms with Crippen LogP contribution in [0.25, 0.3) is 0 Å². The van der Waals surface area contributed by atoms with Crippen LogP contribution in [-0.4, -0.2) is 59.4 Å². The molecule has 3 rings (SSSR count). The van der Waals surface area contributed by atoms with Crippen molar-refractivity contribution < 1.29 is 4.79 Å². The first-order valence-electron chi connectivity index (χ1n) is 8.87. The summed E-state index contributed by atoms with van der Waals surface area (Å²) in [6, 6.07) is 10.9. The van der Waals surface area contributed by atoms with Gasteiger partial charge in [0, 0.05) is 57.2 Å². The minimum atomic E-state index is -0.0413. The smallest absolute Gasteiger partial charge is 0.254 e. The molecule has 1 unspecified atom stereocenters. The third-order valence-electron chi connectivity index (χ3n) is 5.10. The number of amides is 1. The van der Waals surface area contributed by atoms with Crippen LogP contribution in [0.4, 0.5) is 5.69 Å². The number of aryl methyl sites for hydroxylation is 1. The van der Waals surface area contributed by atoms with Crippen molar-refractivity contribution >= 4 is 11.6 Å². The number of nitrogens with zero attached hydrogens (tertiary/aromatic N) is 4. The van der Waals surface area contributed by atoms with Crippen LogP contribution in [-0.2, 0) is 7.05 Å². The van der Waals surface area contributed by atoms with Gasteiger partial charge in [0.2, 0.25) is 0 Å². The molecule has 2 aromatic rings. The van der Waals surface area contributed by atoms with Gasteiger partial charge >= 0.3 is 0 Å². The summed E-state index contributed by atoms with van der Waals surface area (Å²) in [5.74, 6) is -0.0413. The van der Waals surface area contributed by atoms with Crippen LogP contribution in [0.5, 0.6) is 0 Å². The first-order chi connectivity index (χ1) is 12.1. The highest BCUT2D eigenvalue weighted by Gasteiger charge is 2.22. The molecule has 0 bridgehead atoms. The van der Waals surface area contributed by atoms with E-state index in [9.17, 15) is 4.79 Å². The molecule has 1 aromatic carbocycles. The van der Waals surface area contributed by atoms with Gasteiger partial charge in [-0.1, -0.05) is 18.2 Å². The fourth-order valence-electron chi connectivity index (χ4n) is 3.25. The SMILES string of the molecule is Cc1c(C(=O)NCC(C)N2CCN(c3ccccc3)CC2)cnn1C. The number of hydrogen-bond acceptors (Lipinski definition) is 4. The molecule has 0 spiro atoms. The molecule has 0 aliphatic carbocycles. The van der Waals surface area contributed by atoms with Crippen LogP contribution in [0.2, 0.25) is 0 Å². The summed E-state index contributed by atoms with van der Waals surface area (Å²) >= 11 is 0. The molecule has 1 fully saturated rings. The number of carbonyl (C=O) groups is 1. The lowest BCUT2D eigenvalue weighted by Crippen LogP contribution is -2.52. The van der Waals surface area contributed by atoms with E-state index >= 15 is 0 Å². The summed E-state index contributed by atoms with van der Waals surface area (Å²) in [6.45, 7) is 8.80. The molecule has 0 radical (unpaired) electrons. The number of para-hydroxylation sites is 1. The van der Waals surface area contributed by atoms with E-state index < -0.39 is 0 Å². The fourth-order valence-corrected chi connectivity index (χ4v) is 3.25. The Balaban J connectivity index is 1.47. The van der Waals surface area contributed by atoms with Gasteiger partial charge in [-0.25, -0.2) is 0 Å². The van der Waals surface area contributed by atoms with Gasteiger partial charge in [0.1, 0.15) is 0 Å². The Morgan fingerprint density at radius 3 is 2.48 bits per heavy atom. The van der Waals surface area contributed by atoms with E-state index in [0.29, 0.717) is 18.2 Å². The highest BCUT2D eigenvalue weighted by atomic mass is 16.1. The zero-order valence-electron chi connectivity index (χ0n) is 15.3. The van der Waals surface area contributed by atoms with Crippen LogP contribution in [0, 0.1) is 6.92 Å². The fraction of sp³-hybridized carbons (Fsp3) is 0.474. The molecule has 1 N–H and O–H groups in total. The Kier molecular flexibility index (Phi) is 5.38. The maximum atomic E-state index is 12.3. The van der Waals surface area contributed by atoms with Crippen molar-refractivity contribution in [3.63, 3.8) is 0 Å². The van der Waals surface area contributed by atoms with Crippen LogP contribution >= 0.6 is 0 Å². The lowest BCUT2D eigenvalue weighted by atomic mass is 10.2. The molecule has 2 heterocycles. The number of hydrogen-bond donors (Lipinski definition) is 1. The number of piperazine rings is 1. The van der Waals surface area contributed by atoms with Gasteiger partial charge in [-0.2, -0.15) is 5.10 Å². The average Bonchev–Trinajstić information content (AvgIpc) is 2.99. The summed E-state index contributed by atoms with van der Waals surface area (Å²) < 4.78 is 1.72. The largest absolute Gasteiger partial charge is 0.369 e. The second-order valence-corrected chi connectivity index (χ2v) is 6.68. The van der Waals surface area contributed by atoms with Crippen molar-refractivity contribution in [2.75, 3.05) is 37.6 Å². The van der Waals surface area contributed by atoms with Gasteiger partial charge in [0.05, 0.1) is 11.8 Å². The quantitative estimate of drug-likeness (QED) is 0.899. The van der Waals surface area contributed by atoms with E-state index in [1.54, 1.807) is 10.9 Å². The monoisotopic (exact) mass is 341 g/mol. The maximum absolute atomic E-state index is 12.3. The number of rotatable bonds is 5. The van der Waals surface area contributed by atoms with Gasteiger partial charge in [-0.3, -0.25) is 14.4 Å². The molecule has 134 valence electrons. The molecule has 1 saturated heterocycles. The van der Waals surface area contributed by atoms with Crippen molar-refractivity contribution in [1.29, 1.82) is 0 Å². The summed E-state index contributed by atoms with van der Waals surface area (Å²) in [6.07, 6.45) is 1.63. The Hall–Kier alpha value is -2.34. The standard InChI is InChI=1S/C19H27N5O/c1-15(13-20-19(25)18-14-21-22(3)16(18)2)23-9-11-24(12-10-23)17-7-5-4-6-8-17/h4-8,14-15H,9-13H2,1-3H3,(H,20,25). The van der Waals surface area contributed by atoms with Gasteiger partial charge < -0.3 is 10.2 Å². The van der Waals surface area contributed by atoms with E-state index in [0.717, 1.165) is 31.9 Å². The third-order valence-corrected chi connectivity index (χ3v) is 5.10. The Morgan fingerprint density at radius 1 is 1.20 bits per heavy atom. The Labute approximate surface area is 149 Å². The second kappa shape index (κ2) is 7.70. The summed E-state index contributed by atoms with van der Waals surface area (Å²) in [7, 11) is 1.85. The number of anilines is 1.